The first-order chi connectivity index (χ1) is 14.5. The van der Waals surface area contributed by atoms with Crippen molar-refractivity contribution in [1.29, 1.82) is 0 Å². The fourth-order valence-corrected chi connectivity index (χ4v) is 4.55. The Morgan fingerprint density at radius 3 is 2.63 bits per heavy atom. The van der Waals surface area contributed by atoms with Gasteiger partial charge in [0.2, 0.25) is 10.0 Å². The minimum Gasteiger partial charge on any atom is -0.494 e. The molecule has 1 aromatic carbocycles. The van der Waals surface area contributed by atoms with E-state index in [0.717, 1.165) is 12.2 Å². The molecule has 9 heteroatoms. The van der Waals surface area contributed by atoms with Crippen molar-refractivity contribution in [1.82, 2.24) is 14.6 Å². The largest absolute Gasteiger partial charge is 0.494 e. The van der Waals surface area contributed by atoms with Crippen molar-refractivity contribution in [3.63, 3.8) is 0 Å². The van der Waals surface area contributed by atoms with Gasteiger partial charge < -0.3 is 15.0 Å². The average Bonchev–Trinajstić information content (AvgIpc) is 2.78. The third-order valence-electron chi connectivity index (χ3n) is 4.82. The standard InChI is InChI=1S/C21H28N4O4S/c1-2-15-29-19-7-5-6-18(17-19)21(26)23-10-16-30(27,28)25-13-11-24(12-14-25)20-8-3-4-9-22-20/h3-9,17H,2,10-16H2,1H3,(H,23,26). The van der Waals surface area contributed by atoms with Crippen molar-refractivity contribution in [2.45, 2.75) is 13.3 Å². The van der Waals surface area contributed by atoms with E-state index in [9.17, 15) is 13.2 Å². The summed E-state index contributed by atoms with van der Waals surface area (Å²) in [4.78, 5) is 18.7. The second kappa shape index (κ2) is 10.4. The Morgan fingerprint density at radius 2 is 1.93 bits per heavy atom. The van der Waals surface area contributed by atoms with Crippen LogP contribution < -0.4 is 15.0 Å². The Hall–Kier alpha value is -2.65. The number of carbonyl (C=O) groups excluding carboxylic acids is 1. The molecule has 2 aromatic rings. The maximum Gasteiger partial charge on any atom is 0.251 e. The number of piperazine rings is 1. The summed E-state index contributed by atoms with van der Waals surface area (Å²) in [6.07, 6.45) is 2.61. The molecule has 0 radical (unpaired) electrons. The Labute approximate surface area is 177 Å². The predicted octanol–water partition coefficient (Wildman–Crippen LogP) is 1.75. The highest BCUT2D eigenvalue weighted by atomic mass is 32.2. The number of hydrogen-bond donors (Lipinski definition) is 1. The van der Waals surface area contributed by atoms with Crippen LogP contribution in [0.2, 0.25) is 0 Å². The van der Waals surface area contributed by atoms with E-state index in [-0.39, 0.29) is 18.2 Å². The number of sulfonamides is 1. The maximum absolute atomic E-state index is 12.6. The highest BCUT2D eigenvalue weighted by Crippen LogP contribution is 2.15. The second-order valence-corrected chi connectivity index (χ2v) is 9.11. The van der Waals surface area contributed by atoms with Gasteiger partial charge in [0.25, 0.3) is 5.91 Å². The van der Waals surface area contributed by atoms with Crippen LogP contribution in [-0.2, 0) is 10.0 Å². The third kappa shape index (κ3) is 5.93. The monoisotopic (exact) mass is 432 g/mol. The topological polar surface area (TPSA) is 91.8 Å². The number of rotatable bonds is 9. The number of anilines is 1. The summed E-state index contributed by atoms with van der Waals surface area (Å²) < 4.78 is 32.3. The minimum atomic E-state index is -3.44. The molecule has 30 heavy (non-hydrogen) atoms. The summed E-state index contributed by atoms with van der Waals surface area (Å²) in [5.74, 6) is 1.04. The molecule has 2 heterocycles. The van der Waals surface area contributed by atoms with Crippen LogP contribution in [0.1, 0.15) is 23.7 Å². The van der Waals surface area contributed by atoms with Gasteiger partial charge in [0.15, 0.2) is 0 Å². The molecule has 0 bridgehead atoms. The minimum absolute atomic E-state index is 0.0572. The van der Waals surface area contributed by atoms with Crippen molar-refractivity contribution >= 4 is 21.7 Å². The fourth-order valence-electron chi connectivity index (χ4n) is 3.21. The number of ether oxygens (including phenoxy) is 1. The van der Waals surface area contributed by atoms with Crippen LogP contribution in [0.3, 0.4) is 0 Å². The highest BCUT2D eigenvalue weighted by Gasteiger charge is 2.27. The van der Waals surface area contributed by atoms with Gasteiger partial charge in [-0.15, -0.1) is 0 Å². The maximum atomic E-state index is 12.6. The summed E-state index contributed by atoms with van der Waals surface area (Å²) in [5, 5.41) is 2.69. The van der Waals surface area contributed by atoms with Gasteiger partial charge in [-0.05, 0) is 36.8 Å². The van der Waals surface area contributed by atoms with Crippen molar-refractivity contribution in [2.75, 3.05) is 50.0 Å². The van der Waals surface area contributed by atoms with Crippen LogP contribution in [0, 0.1) is 0 Å². The molecule has 0 saturated carbocycles. The zero-order valence-electron chi connectivity index (χ0n) is 17.2. The lowest BCUT2D eigenvalue weighted by Gasteiger charge is -2.34. The summed E-state index contributed by atoms with van der Waals surface area (Å²) in [7, 11) is -3.44. The second-order valence-electron chi connectivity index (χ2n) is 7.02. The van der Waals surface area contributed by atoms with Gasteiger partial charge in [-0.2, -0.15) is 4.31 Å². The Morgan fingerprint density at radius 1 is 1.13 bits per heavy atom. The summed E-state index contributed by atoms with van der Waals surface area (Å²) in [6, 6.07) is 12.6. The number of pyridine rings is 1. The summed E-state index contributed by atoms with van der Waals surface area (Å²) >= 11 is 0. The normalized spacial score (nSPS) is 15.0. The van der Waals surface area contributed by atoms with E-state index in [2.05, 4.69) is 15.2 Å². The first-order valence-corrected chi connectivity index (χ1v) is 11.8. The van der Waals surface area contributed by atoms with Crippen LogP contribution in [0.5, 0.6) is 5.75 Å². The van der Waals surface area contributed by atoms with Crippen molar-refractivity contribution in [2.24, 2.45) is 0 Å². The predicted molar refractivity (Wildman–Crippen MR) is 116 cm³/mol. The molecule has 1 N–H and O–H groups in total. The fraction of sp³-hybridized carbons (Fsp3) is 0.429. The summed E-state index contributed by atoms with van der Waals surface area (Å²) in [5.41, 5.74) is 0.449. The van der Waals surface area contributed by atoms with Gasteiger partial charge >= 0.3 is 0 Å². The number of nitrogens with one attached hydrogen (secondary N) is 1. The van der Waals surface area contributed by atoms with Crippen LogP contribution in [0.25, 0.3) is 0 Å². The van der Waals surface area contributed by atoms with Gasteiger partial charge in [0.05, 0.1) is 12.4 Å². The van der Waals surface area contributed by atoms with E-state index >= 15 is 0 Å². The number of carbonyl (C=O) groups is 1. The lowest BCUT2D eigenvalue weighted by molar-refractivity contribution is 0.0955. The SMILES string of the molecule is CCCOc1cccc(C(=O)NCCS(=O)(=O)N2CCN(c3ccccn3)CC2)c1. The van der Waals surface area contributed by atoms with Crippen LogP contribution in [-0.4, -0.2) is 68.7 Å². The average molecular weight is 433 g/mol. The van der Waals surface area contributed by atoms with Crippen molar-refractivity contribution in [3.8, 4) is 5.75 Å². The molecule has 162 valence electrons. The first kappa shape index (κ1) is 22.0. The molecule has 8 nitrogen and oxygen atoms in total. The van der Waals surface area contributed by atoms with E-state index < -0.39 is 10.0 Å². The van der Waals surface area contributed by atoms with E-state index in [1.165, 1.54) is 4.31 Å². The van der Waals surface area contributed by atoms with Crippen LogP contribution >= 0.6 is 0 Å². The molecule has 1 fully saturated rings. The van der Waals surface area contributed by atoms with Crippen molar-refractivity contribution < 1.29 is 17.9 Å². The smallest absolute Gasteiger partial charge is 0.251 e. The van der Waals surface area contributed by atoms with Gasteiger partial charge in [0.1, 0.15) is 11.6 Å². The molecule has 0 spiro atoms. The van der Waals surface area contributed by atoms with E-state index in [4.69, 9.17) is 4.74 Å². The molecule has 0 unspecified atom stereocenters. The number of nitrogens with zero attached hydrogens (tertiary/aromatic N) is 3. The molecule has 1 aliphatic heterocycles. The number of hydrogen-bond acceptors (Lipinski definition) is 6. The molecule has 0 aliphatic carbocycles. The molecular weight excluding hydrogens is 404 g/mol. The zero-order valence-corrected chi connectivity index (χ0v) is 18.0. The Bertz CT molecular complexity index is 929. The molecule has 1 aromatic heterocycles. The first-order valence-electron chi connectivity index (χ1n) is 10.1. The van der Waals surface area contributed by atoms with Crippen LogP contribution in [0.15, 0.2) is 48.7 Å². The van der Waals surface area contributed by atoms with Crippen LogP contribution in [0.4, 0.5) is 5.82 Å². The molecule has 1 saturated heterocycles. The number of aromatic nitrogens is 1. The van der Waals surface area contributed by atoms with Gasteiger partial charge in [-0.25, -0.2) is 13.4 Å². The Balaban J connectivity index is 1.47. The van der Waals surface area contributed by atoms with Crippen molar-refractivity contribution in [3.05, 3.63) is 54.2 Å². The summed E-state index contributed by atoms with van der Waals surface area (Å²) in [6.45, 7) is 4.64. The van der Waals surface area contributed by atoms with Gasteiger partial charge in [-0.1, -0.05) is 19.1 Å². The van der Waals surface area contributed by atoms with E-state index in [1.54, 1.807) is 30.5 Å². The molecule has 1 aliphatic rings. The lowest BCUT2D eigenvalue weighted by atomic mass is 10.2. The zero-order chi connectivity index (χ0) is 21.4. The third-order valence-corrected chi connectivity index (χ3v) is 6.69. The number of amides is 1. The quantitative estimate of drug-likeness (QED) is 0.649. The lowest BCUT2D eigenvalue weighted by Crippen LogP contribution is -2.50. The van der Waals surface area contributed by atoms with Gasteiger partial charge in [0, 0.05) is 44.5 Å². The molecular formula is C21H28N4O4S. The molecule has 1 amide bonds. The molecule has 0 atom stereocenters. The van der Waals surface area contributed by atoms with Gasteiger partial charge in [-0.3, -0.25) is 4.79 Å². The number of benzene rings is 1. The highest BCUT2D eigenvalue weighted by molar-refractivity contribution is 7.89. The van der Waals surface area contributed by atoms with E-state index in [1.807, 2.05) is 25.1 Å². The molecule has 3 rings (SSSR count). The van der Waals surface area contributed by atoms with E-state index in [0.29, 0.717) is 44.1 Å². The Kier molecular flexibility index (Phi) is 7.64.